The van der Waals surface area contributed by atoms with Crippen LogP contribution in [0.5, 0.6) is 0 Å². The smallest absolute Gasteiger partial charge is 0.0436 e. The Kier molecular flexibility index (Phi) is 3.82. The fourth-order valence-electron chi connectivity index (χ4n) is 0.907. The topological polar surface area (TPSA) is 37.3 Å². The Morgan fingerprint density at radius 3 is 2.92 bits per heavy atom. The standard InChI is InChI=1S/C6H7N3PS.W/c10-6-9-3-4(11-6)5-7-1-2-8-5;/h1-2,10H2,(H,7,8);/q-1;. The van der Waals surface area contributed by atoms with Crippen molar-refractivity contribution in [2.75, 3.05) is 13.1 Å². The Morgan fingerprint density at radius 1 is 1.58 bits per heavy atom. The molecule has 12 heavy (non-hydrogen) atoms. The van der Waals surface area contributed by atoms with Crippen molar-refractivity contribution in [1.82, 2.24) is 10.3 Å². The molecule has 1 N–H and O–H groups in total. The summed E-state index contributed by atoms with van der Waals surface area (Å²) in [7, 11) is 2.55. The predicted octanol–water partition coefficient (Wildman–Crippen LogP) is -0.209. The van der Waals surface area contributed by atoms with Gasteiger partial charge in [-0.25, -0.2) is 11.3 Å². The molecule has 0 fully saturated rings. The first-order valence-electron chi connectivity index (χ1n) is 3.29. The molecule has 1 aliphatic rings. The van der Waals surface area contributed by atoms with Gasteiger partial charge in [-0.1, -0.05) is 6.20 Å². The van der Waals surface area contributed by atoms with Crippen LogP contribution in [0.15, 0.2) is 4.99 Å². The van der Waals surface area contributed by atoms with Crippen LogP contribution in [0.3, 0.4) is 0 Å². The molecular formula is C6H7N3PSW-. The molecule has 0 spiro atoms. The van der Waals surface area contributed by atoms with Crippen LogP contribution < -0.4 is 10.1 Å². The zero-order valence-corrected chi connectivity index (χ0v) is 11.1. The number of thiazole rings is 1. The van der Waals surface area contributed by atoms with E-state index in [2.05, 4.69) is 30.7 Å². The van der Waals surface area contributed by atoms with Crippen molar-refractivity contribution < 1.29 is 21.1 Å². The van der Waals surface area contributed by atoms with Gasteiger partial charge in [0, 0.05) is 44.7 Å². The normalized spacial score (nSPS) is 14.9. The van der Waals surface area contributed by atoms with E-state index >= 15 is 0 Å². The molecule has 6 heteroatoms. The molecule has 0 aromatic carbocycles. The number of amidine groups is 1. The molecule has 2 heterocycles. The molecule has 0 amide bonds. The predicted molar refractivity (Wildman–Crippen MR) is 49.7 cm³/mol. The van der Waals surface area contributed by atoms with Crippen LogP contribution in [0.4, 0.5) is 0 Å². The zero-order valence-electron chi connectivity index (χ0n) is 6.20. The van der Waals surface area contributed by atoms with Crippen molar-refractivity contribution in [2.45, 2.75) is 0 Å². The quantitative estimate of drug-likeness (QED) is 0.551. The number of hydrogen-bond acceptors (Lipinski definition) is 4. The van der Waals surface area contributed by atoms with Crippen molar-refractivity contribution >= 4 is 31.2 Å². The average molecular weight is 368 g/mol. The van der Waals surface area contributed by atoms with Crippen LogP contribution in [-0.2, 0) is 21.1 Å². The van der Waals surface area contributed by atoms with E-state index in [4.69, 9.17) is 0 Å². The van der Waals surface area contributed by atoms with E-state index in [0.717, 1.165) is 28.6 Å². The number of hydrogen-bond donors (Lipinski definition) is 1. The van der Waals surface area contributed by atoms with Gasteiger partial charge in [0.1, 0.15) is 0 Å². The molecule has 0 radical (unpaired) electrons. The van der Waals surface area contributed by atoms with E-state index in [0.29, 0.717) is 0 Å². The van der Waals surface area contributed by atoms with E-state index in [1.165, 1.54) is 0 Å². The minimum absolute atomic E-state index is 0. The summed E-state index contributed by atoms with van der Waals surface area (Å²) in [6.07, 6.45) is 2.90. The molecule has 0 saturated carbocycles. The van der Waals surface area contributed by atoms with Gasteiger partial charge in [-0.2, -0.15) is 0 Å². The van der Waals surface area contributed by atoms with Crippen LogP contribution in [-0.4, -0.2) is 23.9 Å². The summed E-state index contributed by atoms with van der Waals surface area (Å²) in [5.41, 5.74) is 0. The first-order chi connectivity index (χ1) is 5.36. The van der Waals surface area contributed by atoms with Gasteiger partial charge < -0.3 is 15.3 Å². The third-order valence-corrected chi connectivity index (χ3v) is 2.64. The van der Waals surface area contributed by atoms with E-state index in [1.54, 1.807) is 11.3 Å². The Morgan fingerprint density at radius 2 is 2.42 bits per heavy atom. The average Bonchev–Trinajstić information content (AvgIpc) is 2.55. The first kappa shape index (κ1) is 10.3. The van der Waals surface area contributed by atoms with Crippen molar-refractivity contribution in [3.05, 3.63) is 11.1 Å². The molecule has 1 atom stereocenters. The Hall–Kier alpha value is 0.218. The van der Waals surface area contributed by atoms with Gasteiger partial charge in [0.15, 0.2) is 0 Å². The number of nitrogens with one attached hydrogen (secondary N) is 1. The minimum Gasteiger partial charge on any atom is -0.419 e. The number of nitrogens with zero attached hydrogens (tertiary/aromatic N) is 2. The van der Waals surface area contributed by atoms with Crippen LogP contribution >= 0.6 is 20.6 Å². The van der Waals surface area contributed by atoms with Crippen LogP contribution in [0.2, 0.25) is 0 Å². The number of aliphatic imine (C=N–C) groups is 1. The number of aromatic nitrogens is 1. The third kappa shape index (κ3) is 2.12. The van der Waals surface area contributed by atoms with Gasteiger partial charge >= 0.3 is 0 Å². The van der Waals surface area contributed by atoms with E-state index in [1.807, 2.05) is 0 Å². The van der Waals surface area contributed by atoms with Crippen LogP contribution in [0.25, 0.3) is 0 Å². The second-order valence-electron chi connectivity index (χ2n) is 2.15. The molecule has 3 nitrogen and oxygen atoms in total. The molecule has 1 aromatic heterocycles. The second kappa shape index (κ2) is 4.45. The molecule has 2 rings (SSSR count). The molecule has 1 aliphatic heterocycles. The molecule has 1 aromatic rings. The van der Waals surface area contributed by atoms with Crippen molar-refractivity contribution in [2.24, 2.45) is 4.99 Å². The molecule has 0 saturated heterocycles. The van der Waals surface area contributed by atoms with Gasteiger partial charge in [0.05, 0.1) is 0 Å². The van der Waals surface area contributed by atoms with Crippen LogP contribution in [0.1, 0.15) is 4.88 Å². The molecular weight excluding hydrogens is 361 g/mol. The van der Waals surface area contributed by atoms with Gasteiger partial charge in [-0.3, -0.25) is 0 Å². The third-order valence-electron chi connectivity index (χ3n) is 1.36. The van der Waals surface area contributed by atoms with Gasteiger partial charge in [0.2, 0.25) is 0 Å². The van der Waals surface area contributed by atoms with Crippen molar-refractivity contribution in [3.8, 4) is 0 Å². The summed E-state index contributed by atoms with van der Waals surface area (Å²) < 4.78 is 0.955. The van der Waals surface area contributed by atoms with E-state index < -0.39 is 0 Å². The molecule has 0 bridgehead atoms. The Balaban J connectivity index is 0.000000720. The maximum Gasteiger partial charge on any atom is 0.0436 e. The van der Waals surface area contributed by atoms with Crippen molar-refractivity contribution in [3.63, 3.8) is 0 Å². The fourth-order valence-corrected chi connectivity index (χ4v) is 1.95. The van der Waals surface area contributed by atoms with Gasteiger partial charge in [-0.15, -0.1) is 9.24 Å². The summed E-state index contributed by atoms with van der Waals surface area (Å²) >= 11 is 1.59. The molecule has 0 aliphatic carbocycles. The Labute approximate surface area is 91.5 Å². The molecule has 64 valence electrons. The summed E-state index contributed by atoms with van der Waals surface area (Å²) in [5.74, 6) is 0.941. The maximum absolute atomic E-state index is 4.25. The SMILES string of the molecule is Pc1n[c-]c(C2=NCCN2)s1.[W]. The number of rotatable bonds is 1. The summed E-state index contributed by atoms with van der Waals surface area (Å²) in [4.78, 5) is 9.26. The zero-order chi connectivity index (χ0) is 7.68. The second-order valence-corrected chi connectivity index (χ2v) is 4.15. The summed E-state index contributed by atoms with van der Waals surface area (Å²) in [6, 6.07) is 0. The van der Waals surface area contributed by atoms with Gasteiger partial charge in [0.25, 0.3) is 0 Å². The monoisotopic (exact) mass is 368 g/mol. The van der Waals surface area contributed by atoms with E-state index in [-0.39, 0.29) is 21.1 Å². The minimum atomic E-state index is 0. The molecule has 1 unspecified atom stereocenters. The van der Waals surface area contributed by atoms with Gasteiger partial charge in [-0.05, 0) is 4.88 Å². The van der Waals surface area contributed by atoms with Crippen LogP contribution in [0, 0.1) is 6.20 Å². The summed E-state index contributed by atoms with van der Waals surface area (Å²) in [6.45, 7) is 1.81. The fraction of sp³-hybridized carbons (Fsp3) is 0.333. The first-order valence-corrected chi connectivity index (χ1v) is 4.68. The maximum atomic E-state index is 4.25. The summed E-state index contributed by atoms with van der Waals surface area (Å²) in [5, 5.41) is 3.17. The van der Waals surface area contributed by atoms with Crippen molar-refractivity contribution in [1.29, 1.82) is 0 Å². The van der Waals surface area contributed by atoms with E-state index in [9.17, 15) is 0 Å². The largest absolute Gasteiger partial charge is 0.419 e. The Bertz CT molecular complexity index is 299.